The monoisotopic (exact) mass is 819 g/mol. The molecule has 2 aliphatic heterocycles. The van der Waals surface area contributed by atoms with E-state index < -0.39 is 124 Å². The number of fused-ring (bicyclic) bond motifs is 6. The molecule has 5 aliphatic rings. The predicted octanol–water partition coefficient (Wildman–Crippen LogP) is 3.30. The molecule has 0 aromatic carbocycles. The molecule has 0 unspecified atom stereocenters. The Morgan fingerprint density at radius 2 is 1.62 bits per heavy atom. The predicted molar refractivity (Wildman–Crippen MR) is 203 cm³/mol. The van der Waals surface area contributed by atoms with Gasteiger partial charge in [0, 0.05) is 32.1 Å². The molecule has 3 bridgehead atoms. The van der Waals surface area contributed by atoms with Gasteiger partial charge in [0.05, 0.1) is 36.5 Å². The van der Waals surface area contributed by atoms with Gasteiger partial charge in [0.15, 0.2) is 23.6 Å². The van der Waals surface area contributed by atoms with E-state index in [0.29, 0.717) is 12.8 Å². The van der Waals surface area contributed by atoms with Crippen molar-refractivity contribution in [2.45, 2.75) is 174 Å². The van der Waals surface area contributed by atoms with Crippen LogP contribution in [0, 0.1) is 22.2 Å². The van der Waals surface area contributed by atoms with Crippen LogP contribution in [0.5, 0.6) is 0 Å². The summed E-state index contributed by atoms with van der Waals surface area (Å²) in [5.74, 6) is -5.92. The van der Waals surface area contributed by atoms with Crippen molar-refractivity contribution in [3.8, 4) is 0 Å². The zero-order valence-corrected chi connectivity index (χ0v) is 35.5. The summed E-state index contributed by atoms with van der Waals surface area (Å²) in [7, 11) is 0. The van der Waals surface area contributed by atoms with Gasteiger partial charge in [-0.15, -0.1) is 0 Å². The van der Waals surface area contributed by atoms with Gasteiger partial charge in [-0.05, 0) is 70.4 Å². The lowest BCUT2D eigenvalue weighted by Gasteiger charge is -2.67. The number of hydrogen-bond acceptors (Lipinski definition) is 15. The third kappa shape index (κ3) is 8.05. The van der Waals surface area contributed by atoms with E-state index in [-0.39, 0.29) is 37.0 Å². The Bertz CT molecular complexity index is 1760. The molecule has 0 spiro atoms. The van der Waals surface area contributed by atoms with Crippen LogP contribution in [-0.2, 0) is 52.4 Å². The van der Waals surface area contributed by atoms with E-state index in [1.165, 1.54) is 20.8 Å². The molecule has 1 saturated heterocycles. The van der Waals surface area contributed by atoms with E-state index in [4.69, 9.17) is 28.4 Å². The third-order valence-corrected chi connectivity index (χ3v) is 12.9. The second-order valence-corrected chi connectivity index (χ2v) is 19.2. The molecule has 3 aliphatic carbocycles. The van der Waals surface area contributed by atoms with Gasteiger partial charge in [-0.1, -0.05) is 39.8 Å². The minimum Gasteiger partial charge on any atom is -0.459 e. The van der Waals surface area contributed by atoms with Crippen LogP contribution in [0.1, 0.15) is 115 Å². The normalized spacial score (nSPS) is 39.4. The van der Waals surface area contributed by atoms with E-state index >= 15 is 4.79 Å². The molecule has 2 heterocycles. The molecular formula is C42H61NO15. The Morgan fingerprint density at radius 1 is 0.966 bits per heavy atom. The van der Waals surface area contributed by atoms with Gasteiger partial charge in [-0.2, -0.15) is 0 Å². The number of carbonyl (C=O) groups excluding carboxylic acids is 6. The number of rotatable bonds is 3. The van der Waals surface area contributed by atoms with Crippen molar-refractivity contribution in [1.82, 2.24) is 5.32 Å². The maximum Gasteiger partial charge on any atom is 0.407 e. The minimum absolute atomic E-state index is 0.0190. The molecule has 16 heteroatoms. The number of amides is 1. The van der Waals surface area contributed by atoms with Crippen molar-refractivity contribution in [1.29, 1.82) is 0 Å². The molecule has 16 nitrogen and oxygen atoms in total. The van der Waals surface area contributed by atoms with E-state index in [9.17, 15) is 39.3 Å². The first kappa shape index (κ1) is 45.2. The number of hydrogen-bond donors (Lipinski definition) is 4. The van der Waals surface area contributed by atoms with Crippen LogP contribution in [0.25, 0.3) is 0 Å². The van der Waals surface area contributed by atoms with Crippen LogP contribution in [0.15, 0.2) is 23.3 Å². The summed E-state index contributed by atoms with van der Waals surface area (Å²) in [5.41, 5.74) is -9.03. The number of aliphatic hydroxyl groups excluding tert-OH is 2. The van der Waals surface area contributed by atoms with Gasteiger partial charge >= 0.3 is 30.0 Å². The number of ether oxygens (including phenoxy) is 6. The summed E-state index contributed by atoms with van der Waals surface area (Å²) in [6, 6.07) is -1.24. The van der Waals surface area contributed by atoms with Gasteiger partial charge < -0.3 is 49.1 Å². The summed E-state index contributed by atoms with van der Waals surface area (Å²) >= 11 is 0. The quantitative estimate of drug-likeness (QED) is 0.182. The number of aliphatic hydroxyl groups is 3. The molecule has 0 aromatic rings. The fourth-order valence-electron chi connectivity index (χ4n) is 9.86. The smallest absolute Gasteiger partial charge is 0.407 e. The Balaban J connectivity index is 1.77. The van der Waals surface area contributed by atoms with Gasteiger partial charge in [0.2, 0.25) is 0 Å². The second-order valence-electron chi connectivity index (χ2n) is 19.2. The number of carbonyl (C=O) groups is 6. The molecule has 58 heavy (non-hydrogen) atoms. The van der Waals surface area contributed by atoms with Crippen LogP contribution < -0.4 is 5.32 Å². The first-order valence-corrected chi connectivity index (χ1v) is 20.0. The SMILES string of the molecule is CC(=O)O[C@H]1C(=O)[C@@]2(C)[C@H]([C@@H]3OC(=O)CC(C)(C)CC/C=C/C[C@H](NC(=O)OC(C)(C)C)[C@@H](O)C(=O)O[C@H]4C[C@]3(O)C(C)(C)C1=C4C)[C@]1(OC(C)=O)CO[C@@H]1C[C@@H]2O. The molecular weight excluding hydrogens is 758 g/mol. The topological polar surface area (TPSA) is 231 Å². The maximum atomic E-state index is 15.4. The highest BCUT2D eigenvalue weighted by Crippen LogP contribution is 2.64. The molecule has 5 rings (SSSR count). The first-order valence-electron chi connectivity index (χ1n) is 20.0. The van der Waals surface area contributed by atoms with Crippen LogP contribution in [0.4, 0.5) is 4.79 Å². The number of allylic oxidation sites excluding steroid dienone is 1. The molecule has 3 fully saturated rings. The van der Waals surface area contributed by atoms with Crippen molar-refractivity contribution in [3.05, 3.63) is 23.3 Å². The Hall–Kier alpha value is -3.86. The fourth-order valence-corrected chi connectivity index (χ4v) is 9.86. The molecule has 11 atom stereocenters. The number of alkyl carbamates (subject to hydrolysis) is 1. The van der Waals surface area contributed by atoms with E-state index in [1.54, 1.807) is 46.8 Å². The van der Waals surface area contributed by atoms with Crippen molar-refractivity contribution in [2.75, 3.05) is 6.61 Å². The Kier molecular flexibility index (Phi) is 12.2. The average molecular weight is 820 g/mol. The van der Waals surface area contributed by atoms with E-state index in [0.717, 1.165) is 6.92 Å². The minimum atomic E-state index is -2.32. The summed E-state index contributed by atoms with van der Waals surface area (Å²) in [4.78, 5) is 82.5. The molecule has 2 saturated carbocycles. The van der Waals surface area contributed by atoms with E-state index in [2.05, 4.69) is 5.32 Å². The lowest BCUT2D eigenvalue weighted by atomic mass is 9.44. The molecule has 324 valence electrons. The number of Topliss-reactive ketones (excluding diaryl/α,β-unsaturated/α-hetero) is 1. The first-order chi connectivity index (χ1) is 26.6. The van der Waals surface area contributed by atoms with Crippen LogP contribution >= 0.6 is 0 Å². The largest absolute Gasteiger partial charge is 0.459 e. The number of esters is 4. The molecule has 0 aromatic heterocycles. The highest BCUT2D eigenvalue weighted by Gasteiger charge is 2.78. The van der Waals surface area contributed by atoms with Crippen molar-refractivity contribution in [2.24, 2.45) is 22.2 Å². The lowest BCUT2D eigenvalue weighted by Crippen LogP contribution is -2.82. The second kappa shape index (κ2) is 15.6. The van der Waals surface area contributed by atoms with Gasteiger partial charge in [-0.25, -0.2) is 9.59 Å². The maximum absolute atomic E-state index is 15.4. The molecule has 1 amide bonds. The summed E-state index contributed by atoms with van der Waals surface area (Å²) in [6.45, 7) is 16.8. The van der Waals surface area contributed by atoms with Crippen molar-refractivity contribution >= 4 is 35.8 Å². The highest BCUT2D eigenvalue weighted by molar-refractivity contribution is 5.95. The molecule has 4 N–H and O–H groups in total. The average Bonchev–Trinajstić information content (AvgIpc) is 3.06. The zero-order chi connectivity index (χ0) is 43.6. The standard InChI is InChI=1S/C42H61NO15/c1-21-25-18-42(52)34(56-28(47)19-38(7,8)16-14-12-13-15-24(30(48)35(50)55-25)43-36(51)58-37(4,5)6)32-40(11,26(46)17-27-41(32,20-53-27)57-23(3)45)33(49)31(54-22(2)44)29(21)39(42,9)10/h12-13,24-27,30-32,34,46,48,52H,14-20H2,1-11H3,(H,43,51)/b13-12+/t24-,25-,26-,27+,30+,31+,32-,34-,40+,41-,42+/m0/s1. The Morgan fingerprint density at radius 3 is 2.19 bits per heavy atom. The fraction of sp³-hybridized carbons (Fsp3) is 0.762. The van der Waals surface area contributed by atoms with Crippen molar-refractivity contribution in [3.63, 3.8) is 0 Å². The third-order valence-electron chi connectivity index (χ3n) is 12.9. The Labute approximate surface area is 339 Å². The van der Waals surface area contributed by atoms with E-state index in [1.807, 2.05) is 13.8 Å². The van der Waals surface area contributed by atoms with Crippen LogP contribution in [0.3, 0.4) is 0 Å². The zero-order valence-electron chi connectivity index (χ0n) is 35.5. The number of ketones is 1. The molecule has 0 radical (unpaired) electrons. The summed E-state index contributed by atoms with van der Waals surface area (Å²) < 4.78 is 35.6. The number of nitrogens with one attached hydrogen (secondary N) is 1. The van der Waals surface area contributed by atoms with Gasteiger partial charge in [-0.3, -0.25) is 19.2 Å². The van der Waals surface area contributed by atoms with Gasteiger partial charge in [0.1, 0.15) is 29.5 Å². The van der Waals surface area contributed by atoms with Crippen LogP contribution in [-0.4, -0.2) is 117 Å². The van der Waals surface area contributed by atoms with Gasteiger partial charge in [0.25, 0.3) is 0 Å². The highest BCUT2D eigenvalue weighted by atomic mass is 16.6. The summed E-state index contributed by atoms with van der Waals surface area (Å²) in [6.07, 6.45) is -6.82. The lowest BCUT2D eigenvalue weighted by molar-refractivity contribution is -0.347. The van der Waals surface area contributed by atoms with Crippen LogP contribution in [0.2, 0.25) is 0 Å². The summed E-state index contributed by atoms with van der Waals surface area (Å²) in [5, 5.41) is 39.7. The van der Waals surface area contributed by atoms with Crippen molar-refractivity contribution < 1.29 is 72.5 Å².